The summed E-state index contributed by atoms with van der Waals surface area (Å²) in [7, 11) is 3.59. The molecule has 0 saturated heterocycles. The molecule has 166 valence electrons. The van der Waals surface area contributed by atoms with Gasteiger partial charge in [-0.2, -0.15) is 14.2 Å². The molecule has 0 aliphatic heterocycles. The van der Waals surface area contributed by atoms with E-state index in [0.29, 0.717) is 24.1 Å². The van der Waals surface area contributed by atoms with Gasteiger partial charge in [0.1, 0.15) is 11.5 Å². The Morgan fingerprint density at radius 3 is 2.75 bits per heavy atom. The van der Waals surface area contributed by atoms with Gasteiger partial charge in [0.25, 0.3) is 0 Å². The van der Waals surface area contributed by atoms with Gasteiger partial charge in [-0.1, -0.05) is 0 Å². The second-order valence-corrected chi connectivity index (χ2v) is 6.99. The first-order chi connectivity index (χ1) is 15.5. The standard InChI is InChI=1S/C20H21F2N9O/c1-24-6-3-7-32-16-5-4-15(17(21)18(16)22)31-20(27-28-29-31)14-8-12(9-25-19(14)23)13-10-26-30(2)11-13/h4-5,8-11,24H,3,6-7H2,1-2H3,(H2,23,25). The number of hydrogen-bond acceptors (Lipinski definition) is 8. The minimum atomic E-state index is -1.14. The molecule has 1 aromatic carbocycles. The molecule has 10 nitrogen and oxygen atoms in total. The number of pyridine rings is 1. The summed E-state index contributed by atoms with van der Waals surface area (Å²) >= 11 is 0. The van der Waals surface area contributed by atoms with E-state index in [1.807, 2.05) is 6.20 Å². The number of anilines is 1. The number of nitrogens with two attached hydrogens (primary N) is 1. The van der Waals surface area contributed by atoms with Crippen molar-refractivity contribution in [1.29, 1.82) is 0 Å². The van der Waals surface area contributed by atoms with Crippen molar-refractivity contribution in [3.8, 4) is 34.0 Å². The molecule has 0 amide bonds. The summed E-state index contributed by atoms with van der Waals surface area (Å²) in [5.41, 5.74) is 7.75. The molecule has 4 rings (SSSR count). The van der Waals surface area contributed by atoms with E-state index in [1.165, 1.54) is 12.1 Å². The van der Waals surface area contributed by atoms with Gasteiger partial charge in [-0.25, -0.2) is 9.37 Å². The van der Waals surface area contributed by atoms with Crippen LogP contribution in [0.5, 0.6) is 5.75 Å². The highest BCUT2D eigenvalue weighted by Crippen LogP contribution is 2.31. The van der Waals surface area contributed by atoms with Crippen molar-refractivity contribution in [3.63, 3.8) is 0 Å². The van der Waals surface area contributed by atoms with Crippen molar-refractivity contribution in [3.05, 3.63) is 48.4 Å². The van der Waals surface area contributed by atoms with Crippen LogP contribution in [-0.2, 0) is 7.05 Å². The molecule has 0 aliphatic carbocycles. The Morgan fingerprint density at radius 2 is 2.00 bits per heavy atom. The van der Waals surface area contributed by atoms with E-state index in [2.05, 4.69) is 30.9 Å². The number of nitrogen functional groups attached to an aromatic ring is 1. The Bertz CT molecular complexity index is 1240. The number of tetrazole rings is 1. The molecule has 32 heavy (non-hydrogen) atoms. The molecule has 0 spiro atoms. The van der Waals surface area contributed by atoms with Crippen LogP contribution >= 0.6 is 0 Å². The van der Waals surface area contributed by atoms with E-state index in [4.69, 9.17) is 10.5 Å². The van der Waals surface area contributed by atoms with Crippen LogP contribution in [0, 0.1) is 11.6 Å². The Kier molecular flexibility index (Phi) is 6.03. The number of ether oxygens (including phenoxy) is 1. The van der Waals surface area contributed by atoms with Gasteiger partial charge >= 0.3 is 0 Å². The van der Waals surface area contributed by atoms with Crippen LogP contribution in [0.1, 0.15) is 6.42 Å². The minimum absolute atomic E-state index is 0.113. The van der Waals surface area contributed by atoms with Crippen LogP contribution in [0.4, 0.5) is 14.6 Å². The number of rotatable bonds is 8. The molecular formula is C20H21F2N9O. The molecular weight excluding hydrogens is 420 g/mol. The van der Waals surface area contributed by atoms with E-state index in [1.54, 1.807) is 37.2 Å². The van der Waals surface area contributed by atoms with Crippen molar-refractivity contribution in [2.24, 2.45) is 7.05 Å². The Labute approximate surface area is 182 Å². The molecule has 0 bridgehead atoms. The predicted molar refractivity (Wildman–Crippen MR) is 113 cm³/mol. The maximum absolute atomic E-state index is 14.9. The molecule has 4 aromatic rings. The first-order valence-corrected chi connectivity index (χ1v) is 9.78. The number of halogens is 2. The fraction of sp³-hybridized carbons (Fsp3) is 0.250. The van der Waals surface area contributed by atoms with Crippen LogP contribution in [0.2, 0.25) is 0 Å². The number of aromatic nitrogens is 7. The molecule has 0 unspecified atom stereocenters. The normalized spacial score (nSPS) is 11.1. The predicted octanol–water partition coefficient (Wildman–Crippen LogP) is 1.97. The Hall–Kier alpha value is -3.93. The van der Waals surface area contributed by atoms with Crippen molar-refractivity contribution in [2.45, 2.75) is 6.42 Å². The number of benzene rings is 1. The first-order valence-electron chi connectivity index (χ1n) is 9.78. The first kappa shape index (κ1) is 21.3. The summed E-state index contributed by atoms with van der Waals surface area (Å²) in [6.07, 6.45) is 5.72. The maximum Gasteiger partial charge on any atom is 0.202 e. The summed E-state index contributed by atoms with van der Waals surface area (Å²) in [6.45, 7) is 0.944. The van der Waals surface area contributed by atoms with Gasteiger partial charge in [-0.3, -0.25) is 4.68 Å². The molecule has 0 fully saturated rings. The van der Waals surface area contributed by atoms with Gasteiger partial charge in [0.15, 0.2) is 17.4 Å². The lowest BCUT2D eigenvalue weighted by atomic mass is 10.1. The number of nitrogens with one attached hydrogen (secondary N) is 1. The van der Waals surface area contributed by atoms with E-state index in [9.17, 15) is 8.78 Å². The fourth-order valence-corrected chi connectivity index (χ4v) is 3.13. The van der Waals surface area contributed by atoms with Crippen molar-refractivity contribution >= 4 is 5.82 Å². The fourth-order valence-electron chi connectivity index (χ4n) is 3.13. The van der Waals surface area contributed by atoms with Crippen LogP contribution in [0.25, 0.3) is 28.2 Å². The zero-order chi connectivity index (χ0) is 22.7. The van der Waals surface area contributed by atoms with Gasteiger partial charge in [0, 0.05) is 30.6 Å². The maximum atomic E-state index is 14.9. The summed E-state index contributed by atoms with van der Waals surface area (Å²) in [4.78, 5) is 4.20. The quantitative estimate of drug-likeness (QED) is 0.398. The van der Waals surface area contributed by atoms with E-state index >= 15 is 0 Å². The molecule has 12 heteroatoms. The van der Waals surface area contributed by atoms with Crippen LogP contribution < -0.4 is 15.8 Å². The third kappa shape index (κ3) is 4.12. The average Bonchev–Trinajstić information content (AvgIpc) is 3.44. The highest BCUT2D eigenvalue weighted by Gasteiger charge is 2.22. The van der Waals surface area contributed by atoms with Gasteiger partial charge in [-0.05, 0) is 48.6 Å². The summed E-state index contributed by atoms with van der Waals surface area (Å²) in [6, 6.07) is 4.40. The molecule has 0 atom stereocenters. The molecule has 0 aliphatic rings. The lowest BCUT2D eigenvalue weighted by molar-refractivity contribution is 0.289. The topological polar surface area (TPSA) is 122 Å². The van der Waals surface area contributed by atoms with Crippen molar-refractivity contribution < 1.29 is 13.5 Å². The Morgan fingerprint density at radius 1 is 1.16 bits per heavy atom. The van der Waals surface area contributed by atoms with Gasteiger partial charge in [-0.15, -0.1) is 5.10 Å². The lowest BCUT2D eigenvalue weighted by Gasteiger charge is -2.12. The lowest BCUT2D eigenvalue weighted by Crippen LogP contribution is -2.12. The van der Waals surface area contributed by atoms with Crippen LogP contribution in [0.15, 0.2) is 36.8 Å². The summed E-state index contributed by atoms with van der Waals surface area (Å²) < 4.78 is 37.6. The van der Waals surface area contributed by atoms with Gasteiger partial charge in [0.2, 0.25) is 5.82 Å². The molecule has 3 N–H and O–H groups in total. The van der Waals surface area contributed by atoms with Crippen molar-refractivity contribution in [1.82, 2.24) is 40.3 Å². The molecule has 0 saturated carbocycles. The largest absolute Gasteiger partial charge is 0.490 e. The minimum Gasteiger partial charge on any atom is -0.490 e. The zero-order valence-electron chi connectivity index (χ0n) is 17.5. The molecule has 0 radical (unpaired) electrons. The van der Waals surface area contributed by atoms with E-state index in [0.717, 1.165) is 10.2 Å². The smallest absolute Gasteiger partial charge is 0.202 e. The van der Waals surface area contributed by atoms with Crippen molar-refractivity contribution in [2.75, 3.05) is 25.9 Å². The highest BCUT2D eigenvalue weighted by molar-refractivity contribution is 5.76. The van der Waals surface area contributed by atoms with E-state index < -0.39 is 11.6 Å². The number of nitrogens with zero attached hydrogens (tertiary/aromatic N) is 7. The SMILES string of the molecule is CNCCCOc1ccc(-n2nnnc2-c2cc(-c3cnn(C)c3)cnc2N)c(F)c1F. The number of aryl methyl sites for hydroxylation is 1. The third-order valence-electron chi connectivity index (χ3n) is 4.75. The van der Waals surface area contributed by atoms with E-state index in [-0.39, 0.29) is 29.7 Å². The van der Waals surface area contributed by atoms with Gasteiger partial charge < -0.3 is 15.8 Å². The summed E-state index contributed by atoms with van der Waals surface area (Å²) in [5.74, 6) is -2.19. The molecule has 3 aromatic heterocycles. The van der Waals surface area contributed by atoms with Crippen LogP contribution in [0.3, 0.4) is 0 Å². The van der Waals surface area contributed by atoms with Crippen LogP contribution in [-0.4, -0.2) is 55.2 Å². The summed E-state index contributed by atoms with van der Waals surface area (Å²) in [5, 5.41) is 18.5. The second-order valence-electron chi connectivity index (χ2n) is 6.99. The third-order valence-corrected chi connectivity index (χ3v) is 4.75. The number of hydrogen-bond donors (Lipinski definition) is 2. The Balaban J connectivity index is 1.70. The highest BCUT2D eigenvalue weighted by atomic mass is 19.2. The average molecular weight is 441 g/mol. The van der Waals surface area contributed by atoms with Gasteiger partial charge in [0.05, 0.1) is 18.4 Å². The monoisotopic (exact) mass is 441 g/mol. The molecule has 3 heterocycles. The second kappa shape index (κ2) is 9.06. The zero-order valence-corrected chi connectivity index (χ0v) is 17.5.